The lowest BCUT2D eigenvalue weighted by atomic mass is 9.78. The van der Waals surface area contributed by atoms with Crippen molar-refractivity contribution in [3.05, 3.63) is 29.8 Å². The predicted molar refractivity (Wildman–Crippen MR) is 109 cm³/mol. The lowest BCUT2D eigenvalue weighted by Crippen LogP contribution is -2.53. The molecule has 0 aromatic heterocycles. The number of benzene rings is 1. The van der Waals surface area contributed by atoms with E-state index in [0.717, 1.165) is 31.9 Å². The molecule has 0 bridgehead atoms. The summed E-state index contributed by atoms with van der Waals surface area (Å²) in [5, 5.41) is 2.35. The molecule has 30 heavy (non-hydrogen) atoms. The molecule has 8 heteroatoms. The third-order valence-electron chi connectivity index (χ3n) is 6.24. The van der Waals surface area contributed by atoms with Crippen LogP contribution < -0.4 is 5.32 Å². The summed E-state index contributed by atoms with van der Waals surface area (Å²) in [6.45, 7) is 3.03. The van der Waals surface area contributed by atoms with E-state index in [0.29, 0.717) is 18.5 Å². The zero-order valence-corrected chi connectivity index (χ0v) is 17.4. The maximum absolute atomic E-state index is 13.1. The molecule has 1 aliphatic heterocycles. The zero-order valence-electron chi connectivity index (χ0n) is 17.4. The number of anilines is 1. The van der Waals surface area contributed by atoms with Gasteiger partial charge in [0.15, 0.2) is 0 Å². The second-order valence-corrected chi connectivity index (χ2v) is 8.24. The molecule has 1 aliphatic carbocycles. The predicted octanol–water partition coefficient (Wildman–Crippen LogP) is 4.15. The molecule has 1 aromatic carbocycles. The van der Waals surface area contributed by atoms with Gasteiger partial charge in [-0.3, -0.25) is 14.5 Å². The minimum absolute atomic E-state index is 0.0111. The summed E-state index contributed by atoms with van der Waals surface area (Å²) in [5.41, 5.74) is -1.15. The fourth-order valence-corrected chi connectivity index (χ4v) is 4.73. The fraction of sp³-hybridized carbons (Fsp3) is 0.636. The number of carbonyl (C=O) groups is 2. The monoisotopic (exact) mass is 425 g/mol. The first-order chi connectivity index (χ1) is 14.3. The third kappa shape index (κ3) is 5.53. The van der Waals surface area contributed by atoms with Crippen molar-refractivity contribution >= 4 is 17.5 Å². The van der Waals surface area contributed by atoms with Gasteiger partial charge in [-0.2, -0.15) is 13.2 Å². The topological polar surface area (TPSA) is 52.7 Å². The number of hydrogen-bond acceptors (Lipinski definition) is 3. The van der Waals surface area contributed by atoms with Gasteiger partial charge >= 0.3 is 6.18 Å². The Morgan fingerprint density at radius 2 is 1.80 bits per heavy atom. The molecule has 1 N–H and O–H groups in total. The molecule has 0 radical (unpaired) electrons. The first-order valence-electron chi connectivity index (χ1n) is 10.8. The summed E-state index contributed by atoms with van der Waals surface area (Å²) < 4.78 is 39.4. The summed E-state index contributed by atoms with van der Waals surface area (Å²) in [7, 11) is 0. The number of alkyl halides is 3. The van der Waals surface area contributed by atoms with E-state index in [1.807, 2.05) is 11.8 Å². The summed E-state index contributed by atoms with van der Waals surface area (Å²) in [5.74, 6) is 0.0289. The molecule has 2 amide bonds. The number of amides is 2. The Morgan fingerprint density at radius 1 is 1.10 bits per heavy atom. The lowest BCUT2D eigenvalue weighted by Gasteiger charge is -2.44. The van der Waals surface area contributed by atoms with Crippen LogP contribution in [0.25, 0.3) is 0 Å². The van der Waals surface area contributed by atoms with Gasteiger partial charge in [-0.15, -0.1) is 0 Å². The van der Waals surface area contributed by atoms with Crippen molar-refractivity contribution in [3.63, 3.8) is 0 Å². The maximum Gasteiger partial charge on any atom is 0.418 e. The van der Waals surface area contributed by atoms with Crippen LogP contribution in [0.1, 0.15) is 51.0 Å². The molecule has 166 valence electrons. The summed E-state index contributed by atoms with van der Waals surface area (Å²) in [6.07, 6.45) is 2.22. The van der Waals surface area contributed by atoms with Crippen LogP contribution in [-0.4, -0.2) is 53.8 Å². The summed E-state index contributed by atoms with van der Waals surface area (Å²) in [4.78, 5) is 29.0. The highest BCUT2D eigenvalue weighted by molar-refractivity contribution is 5.93. The van der Waals surface area contributed by atoms with Crippen LogP contribution in [-0.2, 0) is 15.8 Å². The number of piperidine rings is 1. The highest BCUT2D eigenvalue weighted by Gasteiger charge is 2.36. The average Bonchev–Trinajstić information content (AvgIpc) is 2.72. The molecule has 2 aliphatic rings. The number of rotatable bonds is 6. The molecule has 2 atom stereocenters. The van der Waals surface area contributed by atoms with Gasteiger partial charge in [-0.1, -0.05) is 31.9 Å². The van der Waals surface area contributed by atoms with Crippen molar-refractivity contribution < 1.29 is 22.8 Å². The fourth-order valence-electron chi connectivity index (χ4n) is 4.73. The smallest absolute Gasteiger partial charge is 0.338 e. The van der Waals surface area contributed by atoms with Gasteiger partial charge in [0.05, 0.1) is 24.3 Å². The second-order valence-electron chi connectivity index (χ2n) is 8.24. The van der Waals surface area contributed by atoms with E-state index in [1.165, 1.54) is 37.5 Å². The Balaban J connectivity index is 1.59. The number of fused-ring (bicyclic) bond motifs is 1. The number of nitrogens with one attached hydrogen (secondary N) is 1. The number of likely N-dealkylation sites (tertiary alicyclic amines) is 1. The van der Waals surface area contributed by atoms with Crippen LogP contribution in [0.4, 0.5) is 18.9 Å². The number of nitrogens with zero attached hydrogens (tertiary/aromatic N) is 2. The first kappa shape index (κ1) is 22.6. The van der Waals surface area contributed by atoms with Gasteiger partial charge in [0.1, 0.15) is 0 Å². The number of halogens is 3. The number of hydrogen-bond donors (Lipinski definition) is 1. The SMILES string of the molecule is CCN(CC(=O)Nc1ccccc1C(F)(F)F)CC(=O)N1CCCC2CCCCC21. The van der Waals surface area contributed by atoms with Crippen molar-refractivity contribution in [2.75, 3.05) is 31.5 Å². The van der Waals surface area contributed by atoms with E-state index in [-0.39, 0.29) is 24.7 Å². The van der Waals surface area contributed by atoms with Crippen molar-refractivity contribution in [1.82, 2.24) is 9.80 Å². The Hall–Kier alpha value is -2.09. The minimum Gasteiger partial charge on any atom is -0.338 e. The lowest BCUT2D eigenvalue weighted by molar-refractivity contribution is -0.139. The number of carbonyl (C=O) groups excluding carboxylic acids is 2. The quantitative estimate of drug-likeness (QED) is 0.745. The first-order valence-corrected chi connectivity index (χ1v) is 10.8. The Morgan fingerprint density at radius 3 is 2.53 bits per heavy atom. The normalized spacial score (nSPS) is 22.0. The molecular formula is C22H30F3N3O2. The molecule has 1 saturated heterocycles. The molecular weight excluding hydrogens is 395 g/mol. The average molecular weight is 425 g/mol. The van der Waals surface area contributed by atoms with Gasteiger partial charge in [0.25, 0.3) is 0 Å². The van der Waals surface area contributed by atoms with Crippen molar-refractivity contribution in [1.29, 1.82) is 0 Å². The van der Waals surface area contributed by atoms with Crippen molar-refractivity contribution in [3.8, 4) is 0 Å². The number of likely N-dealkylation sites (N-methyl/N-ethyl adjacent to an activating group) is 1. The molecule has 1 heterocycles. The Kier molecular flexibility index (Phi) is 7.39. The standard InChI is InChI=1S/C22H30F3N3O2/c1-2-27(14-20(29)26-18-11-5-4-10-17(18)22(23,24)25)15-21(30)28-13-7-9-16-8-3-6-12-19(16)28/h4-5,10-11,16,19H,2-3,6-9,12-15H2,1H3,(H,26,29). The van der Waals surface area contributed by atoms with Crippen molar-refractivity contribution in [2.45, 2.75) is 57.7 Å². The zero-order chi connectivity index (χ0) is 21.7. The van der Waals surface area contributed by atoms with Crippen LogP contribution >= 0.6 is 0 Å². The maximum atomic E-state index is 13.1. The van der Waals surface area contributed by atoms with Crippen molar-refractivity contribution in [2.24, 2.45) is 5.92 Å². The molecule has 2 unspecified atom stereocenters. The minimum atomic E-state index is -4.55. The van der Waals surface area contributed by atoms with E-state index in [4.69, 9.17) is 0 Å². The van der Waals surface area contributed by atoms with Crippen LogP contribution in [0.15, 0.2) is 24.3 Å². The highest BCUT2D eigenvalue weighted by atomic mass is 19.4. The Bertz CT molecular complexity index is 751. The molecule has 3 rings (SSSR count). The Labute approximate surface area is 175 Å². The van der Waals surface area contributed by atoms with Gasteiger partial charge in [-0.25, -0.2) is 0 Å². The molecule has 1 aromatic rings. The van der Waals surface area contributed by atoms with Gasteiger partial charge in [0.2, 0.25) is 11.8 Å². The van der Waals surface area contributed by atoms with E-state index < -0.39 is 17.6 Å². The van der Waals surface area contributed by atoms with Crippen LogP contribution in [0, 0.1) is 5.92 Å². The van der Waals surface area contributed by atoms with E-state index in [2.05, 4.69) is 5.32 Å². The number of para-hydroxylation sites is 1. The van der Waals surface area contributed by atoms with Gasteiger partial charge in [0, 0.05) is 12.6 Å². The third-order valence-corrected chi connectivity index (χ3v) is 6.24. The highest BCUT2D eigenvalue weighted by Crippen LogP contribution is 2.36. The molecule has 1 saturated carbocycles. The molecule has 5 nitrogen and oxygen atoms in total. The van der Waals surface area contributed by atoms with E-state index >= 15 is 0 Å². The van der Waals surface area contributed by atoms with Crippen LogP contribution in [0.5, 0.6) is 0 Å². The van der Waals surface area contributed by atoms with Crippen LogP contribution in [0.3, 0.4) is 0 Å². The largest absolute Gasteiger partial charge is 0.418 e. The summed E-state index contributed by atoms with van der Waals surface area (Å²) in [6, 6.07) is 5.20. The molecule has 2 fully saturated rings. The summed E-state index contributed by atoms with van der Waals surface area (Å²) >= 11 is 0. The second kappa shape index (κ2) is 9.81. The van der Waals surface area contributed by atoms with Gasteiger partial charge < -0.3 is 10.2 Å². The van der Waals surface area contributed by atoms with E-state index in [1.54, 1.807) is 4.90 Å². The van der Waals surface area contributed by atoms with Gasteiger partial charge in [-0.05, 0) is 50.3 Å². The molecule has 0 spiro atoms. The van der Waals surface area contributed by atoms with E-state index in [9.17, 15) is 22.8 Å². The van der Waals surface area contributed by atoms with Crippen LogP contribution in [0.2, 0.25) is 0 Å².